The fraction of sp³-hybridized carbons (Fsp3) is 0.958. The zero-order valence-corrected chi connectivity index (χ0v) is 18.9. The van der Waals surface area contributed by atoms with Gasteiger partial charge >= 0.3 is 0 Å². The number of ketones is 1. The van der Waals surface area contributed by atoms with E-state index in [9.17, 15) is 4.79 Å². The molecule has 154 valence electrons. The molecule has 1 heteroatoms. The predicted molar refractivity (Wildman–Crippen MR) is 118 cm³/mol. The fourth-order valence-electron chi connectivity index (χ4n) is 2.51. The maximum absolute atomic E-state index is 10.5. The van der Waals surface area contributed by atoms with Crippen LogP contribution in [0.5, 0.6) is 0 Å². The Morgan fingerprint density at radius 3 is 0.960 bits per heavy atom. The first-order valence-corrected chi connectivity index (χ1v) is 11.6. The van der Waals surface area contributed by atoms with Crippen LogP contribution >= 0.6 is 0 Å². The molecule has 0 aromatic rings. The van der Waals surface area contributed by atoms with E-state index in [1.54, 1.807) is 6.92 Å². The van der Waals surface area contributed by atoms with Crippen molar-refractivity contribution in [3.05, 3.63) is 0 Å². The molecule has 0 atom stereocenters. The Kier molecular flexibility index (Phi) is 37.0. The molecule has 1 nitrogen and oxygen atoms in total. The molecule has 0 saturated heterocycles. The van der Waals surface area contributed by atoms with Gasteiger partial charge in [0.1, 0.15) is 5.78 Å². The van der Waals surface area contributed by atoms with Gasteiger partial charge in [0.15, 0.2) is 0 Å². The summed E-state index contributed by atoms with van der Waals surface area (Å²) in [7, 11) is 0. The first-order chi connectivity index (χ1) is 12.1. The molecule has 0 radical (unpaired) electrons. The standard InChI is InChI=1S/C10H20O.2C7H16/c1-3-4-5-6-7-8-9-10(2)11;2*1-3-5-7-6-4-2/h3-9H2,1-2H3;2*3-7H2,1-2H3. The second kappa shape index (κ2) is 31.4. The molecule has 0 rings (SSSR count). The highest BCUT2D eigenvalue weighted by Crippen LogP contribution is 2.06. The minimum atomic E-state index is 0.334. The molecule has 0 spiro atoms. The average Bonchev–Trinajstić information content (AvgIpc) is 2.60. The normalized spacial score (nSPS) is 9.68. The van der Waals surface area contributed by atoms with Crippen LogP contribution < -0.4 is 0 Å². The topological polar surface area (TPSA) is 17.1 Å². The molecule has 0 aromatic carbocycles. The first-order valence-electron chi connectivity index (χ1n) is 11.6. The predicted octanol–water partition coefficient (Wildman–Crippen LogP) is 9.28. The SMILES string of the molecule is CCCCCCC.CCCCCCC.CCCCCCCCC(C)=O. The van der Waals surface area contributed by atoms with E-state index >= 15 is 0 Å². The van der Waals surface area contributed by atoms with Crippen LogP contribution in [0.15, 0.2) is 0 Å². The Labute approximate surface area is 161 Å². The van der Waals surface area contributed by atoms with E-state index < -0.39 is 0 Å². The van der Waals surface area contributed by atoms with Crippen molar-refractivity contribution in [1.82, 2.24) is 0 Å². The van der Waals surface area contributed by atoms with Crippen molar-refractivity contribution in [1.29, 1.82) is 0 Å². The molecular formula is C24H52O. The molecule has 0 aromatic heterocycles. The molecule has 0 N–H and O–H groups in total. The minimum Gasteiger partial charge on any atom is -0.300 e. The molecule has 0 fully saturated rings. The molecule has 0 heterocycles. The van der Waals surface area contributed by atoms with Gasteiger partial charge in [0.25, 0.3) is 0 Å². The number of carbonyl (C=O) groups excluding carboxylic acids is 1. The largest absolute Gasteiger partial charge is 0.300 e. The van der Waals surface area contributed by atoms with Crippen molar-refractivity contribution in [2.24, 2.45) is 0 Å². The third kappa shape index (κ3) is 45.3. The van der Waals surface area contributed by atoms with Crippen LogP contribution in [0.25, 0.3) is 0 Å². The van der Waals surface area contributed by atoms with Crippen molar-refractivity contribution < 1.29 is 4.79 Å². The van der Waals surface area contributed by atoms with Crippen molar-refractivity contribution in [2.75, 3.05) is 0 Å². The molecule has 0 aliphatic carbocycles. The zero-order valence-electron chi connectivity index (χ0n) is 18.9. The second-order valence-corrected chi connectivity index (χ2v) is 7.34. The van der Waals surface area contributed by atoms with Crippen LogP contribution in [0.1, 0.15) is 151 Å². The van der Waals surface area contributed by atoms with Gasteiger partial charge in [-0.25, -0.2) is 0 Å². The molecule has 0 aliphatic heterocycles. The van der Waals surface area contributed by atoms with Gasteiger partial charge in [-0.1, -0.05) is 131 Å². The van der Waals surface area contributed by atoms with Gasteiger partial charge in [0, 0.05) is 6.42 Å². The summed E-state index contributed by atoms with van der Waals surface area (Å²) in [6, 6.07) is 0. The average molecular weight is 357 g/mol. The monoisotopic (exact) mass is 356 g/mol. The van der Waals surface area contributed by atoms with E-state index in [-0.39, 0.29) is 0 Å². The van der Waals surface area contributed by atoms with Crippen molar-refractivity contribution in [3.8, 4) is 0 Å². The molecule has 0 aliphatic rings. The summed E-state index contributed by atoms with van der Waals surface area (Å²) in [6.45, 7) is 12.9. The Morgan fingerprint density at radius 2 is 0.680 bits per heavy atom. The van der Waals surface area contributed by atoms with Gasteiger partial charge in [0.05, 0.1) is 0 Å². The van der Waals surface area contributed by atoms with Crippen molar-refractivity contribution in [2.45, 2.75) is 151 Å². The van der Waals surface area contributed by atoms with Crippen molar-refractivity contribution in [3.63, 3.8) is 0 Å². The van der Waals surface area contributed by atoms with E-state index in [4.69, 9.17) is 0 Å². The van der Waals surface area contributed by atoms with Crippen LogP contribution in [-0.2, 0) is 4.79 Å². The van der Waals surface area contributed by atoms with Crippen LogP contribution in [0, 0.1) is 0 Å². The number of hydrogen-bond donors (Lipinski definition) is 0. The summed E-state index contributed by atoms with van der Waals surface area (Å²) in [5.74, 6) is 0.334. The maximum atomic E-state index is 10.5. The number of Topliss-reactive ketones (excluding diaryl/α,β-unsaturated/α-hetero) is 1. The zero-order chi connectivity index (χ0) is 19.6. The summed E-state index contributed by atoms with van der Waals surface area (Å²) >= 11 is 0. The van der Waals surface area contributed by atoms with Gasteiger partial charge in [-0.3, -0.25) is 0 Å². The van der Waals surface area contributed by atoms with Crippen molar-refractivity contribution >= 4 is 5.78 Å². The van der Waals surface area contributed by atoms with Crippen LogP contribution in [0.2, 0.25) is 0 Å². The quantitative estimate of drug-likeness (QED) is 0.267. The second-order valence-electron chi connectivity index (χ2n) is 7.34. The van der Waals surface area contributed by atoms with E-state index in [0.29, 0.717) is 5.78 Å². The lowest BCUT2D eigenvalue weighted by molar-refractivity contribution is -0.117. The fourth-order valence-corrected chi connectivity index (χ4v) is 2.51. The highest BCUT2D eigenvalue weighted by atomic mass is 16.1. The number of unbranched alkanes of at least 4 members (excludes halogenated alkanes) is 13. The highest BCUT2D eigenvalue weighted by Gasteiger charge is 1.93. The van der Waals surface area contributed by atoms with E-state index in [1.807, 2.05) is 0 Å². The van der Waals surface area contributed by atoms with Gasteiger partial charge in [-0.15, -0.1) is 0 Å². The van der Waals surface area contributed by atoms with Crippen LogP contribution in [-0.4, -0.2) is 5.78 Å². The van der Waals surface area contributed by atoms with Crippen LogP contribution in [0.3, 0.4) is 0 Å². The Hall–Kier alpha value is -0.330. The number of rotatable bonds is 15. The van der Waals surface area contributed by atoms with E-state index in [2.05, 4.69) is 34.6 Å². The Bertz CT molecular complexity index is 192. The molecular weight excluding hydrogens is 304 g/mol. The number of hydrogen-bond acceptors (Lipinski definition) is 1. The number of carbonyl (C=O) groups is 1. The van der Waals surface area contributed by atoms with E-state index in [0.717, 1.165) is 12.8 Å². The maximum Gasteiger partial charge on any atom is 0.129 e. The lowest BCUT2D eigenvalue weighted by atomic mass is 10.1. The lowest BCUT2D eigenvalue weighted by Crippen LogP contribution is -1.88. The van der Waals surface area contributed by atoms with Gasteiger partial charge in [-0.2, -0.15) is 0 Å². The highest BCUT2D eigenvalue weighted by molar-refractivity contribution is 5.75. The first kappa shape index (κ1) is 29.4. The van der Waals surface area contributed by atoms with Gasteiger partial charge < -0.3 is 4.79 Å². The third-order valence-electron chi connectivity index (χ3n) is 4.30. The third-order valence-corrected chi connectivity index (χ3v) is 4.30. The van der Waals surface area contributed by atoms with E-state index in [1.165, 1.54) is 96.3 Å². The molecule has 0 saturated carbocycles. The molecule has 0 unspecified atom stereocenters. The minimum absolute atomic E-state index is 0.334. The molecule has 0 amide bonds. The summed E-state index contributed by atoms with van der Waals surface area (Å²) in [5, 5.41) is 0. The molecule has 25 heavy (non-hydrogen) atoms. The van der Waals surface area contributed by atoms with Crippen LogP contribution in [0.4, 0.5) is 0 Å². The summed E-state index contributed by atoms with van der Waals surface area (Å²) in [5.41, 5.74) is 0. The summed E-state index contributed by atoms with van der Waals surface area (Å²) in [4.78, 5) is 10.5. The van der Waals surface area contributed by atoms with Gasteiger partial charge in [-0.05, 0) is 13.3 Å². The molecule has 0 bridgehead atoms. The summed E-state index contributed by atoms with van der Waals surface area (Å²) in [6.07, 6.45) is 22.4. The smallest absolute Gasteiger partial charge is 0.129 e. The lowest BCUT2D eigenvalue weighted by Gasteiger charge is -1.97. The Balaban J connectivity index is -0.000000304. The van der Waals surface area contributed by atoms with Gasteiger partial charge in [0.2, 0.25) is 0 Å². The Morgan fingerprint density at radius 1 is 0.440 bits per heavy atom. The summed E-state index contributed by atoms with van der Waals surface area (Å²) < 4.78 is 0.